The molecule has 18 heavy (non-hydrogen) atoms. The molecule has 0 radical (unpaired) electrons. The monoisotopic (exact) mass is 253 g/mol. The highest BCUT2D eigenvalue weighted by molar-refractivity contribution is 5.66. The van der Waals surface area contributed by atoms with E-state index in [1.165, 1.54) is 0 Å². The van der Waals surface area contributed by atoms with Crippen molar-refractivity contribution in [3.05, 3.63) is 29.8 Å². The van der Waals surface area contributed by atoms with Gasteiger partial charge in [0.2, 0.25) is 0 Å². The first-order chi connectivity index (χ1) is 8.72. The van der Waals surface area contributed by atoms with E-state index in [9.17, 15) is 4.79 Å². The Labute approximate surface area is 106 Å². The van der Waals surface area contributed by atoms with Crippen LogP contribution in [0.3, 0.4) is 0 Å². The zero-order valence-electron chi connectivity index (χ0n) is 10.3. The number of aliphatic carboxylic acids is 1. The maximum Gasteiger partial charge on any atom is 0.303 e. The molecule has 0 bridgehead atoms. The summed E-state index contributed by atoms with van der Waals surface area (Å²) in [5.74, 6) is -0.0270. The van der Waals surface area contributed by atoms with E-state index in [2.05, 4.69) is 5.32 Å². The second-order valence-corrected chi connectivity index (χ2v) is 3.89. The molecule has 0 heterocycles. The molecule has 0 saturated heterocycles. The average molecular weight is 253 g/mol. The number of ether oxygens (including phenoxy) is 1. The third-order valence-electron chi connectivity index (χ3n) is 2.36. The normalized spacial score (nSPS) is 10.3. The third-order valence-corrected chi connectivity index (χ3v) is 2.36. The number of nitrogens with one attached hydrogen (secondary N) is 1. The van der Waals surface area contributed by atoms with Gasteiger partial charge in [-0.1, -0.05) is 12.1 Å². The Morgan fingerprint density at radius 2 is 2.00 bits per heavy atom. The molecule has 5 nitrogen and oxygen atoms in total. The Kier molecular flexibility index (Phi) is 6.83. The number of aliphatic hydroxyl groups is 1. The van der Waals surface area contributed by atoms with E-state index in [1.807, 2.05) is 24.3 Å². The van der Waals surface area contributed by atoms with Crippen LogP contribution in [0, 0.1) is 0 Å². The van der Waals surface area contributed by atoms with Crippen molar-refractivity contribution in [1.29, 1.82) is 0 Å². The molecule has 5 heteroatoms. The van der Waals surface area contributed by atoms with Gasteiger partial charge in [-0.15, -0.1) is 0 Å². The van der Waals surface area contributed by atoms with Gasteiger partial charge in [0.25, 0.3) is 0 Å². The lowest BCUT2D eigenvalue weighted by Crippen LogP contribution is -2.15. The molecule has 0 aliphatic carbocycles. The van der Waals surface area contributed by atoms with E-state index in [0.717, 1.165) is 11.3 Å². The molecular weight excluding hydrogens is 234 g/mol. The van der Waals surface area contributed by atoms with E-state index in [0.29, 0.717) is 26.1 Å². The molecule has 0 amide bonds. The van der Waals surface area contributed by atoms with Crippen LogP contribution in [0.2, 0.25) is 0 Å². The fourth-order valence-corrected chi connectivity index (χ4v) is 1.46. The molecule has 0 aliphatic heterocycles. The van der Waals surface area contributed by atoms with Gasteiger partial charge < -0.3 is 20.3 Å². The summed E-state index contributed by atoms with van der Waals surface area (Å²) in [5.41, 5.74) is 1.11. The van der Waals surface area contributed by atoms with Gasteiger partial charge in [-0.25, -0.2) is 0 Å². The van der Waals surface area contributed by atoms with Gasteiger partial charge in [0, 0.05) is 13.0 Å². The van der Waals surface area contributed by atoms with Crippen LogP contribution in [-0.4, -0.2) is 35.9 Å². The number of carbonyl (C=O) groups is 1. The number of rotatable bonds is 9. The van der Waals surface area contributed by atoms with Gasteiger partial charge in [0.05, 0.1) is 6.61 Å². The zero-order chi connectivity index (χ0) is 13.2. The molecule has 0 aliphatic rings. The van der Waals surface area contributed by atoms with Crippen LogP contribution in [0.4, 0.5) is 0 Å². The zero-order valence-corrected chi connectivity index (χ0v) is 10.3. The first-order valence-corrected chi connectivity index (χ1v) is 5.97. The Hall–Kier alpha value is -1.59. The first kappa shape index (κ1) is 14.5. The molecule has 0 atom stereocenters. The number of hydrogen-bond acceptors (Lipinski definition) is 4. The van der Waals surface area contributed by atoms with Crippen molar-refractivity contribution in [2.24, 2.45) is 0 Å². The molecule has 0 spiro atoms. The Balaban J connectivity index is 2.20. The molecule has 0 fully saturated rings. The standard InChI is InChI=1S/C13H19NO4/c15-8-9-18-12-5-3-11(4-6-12)10-14-7-1-2-13(16)17/h3-6,14-15H,1-2,7-10H2,(H,16,17). The maximum atomic E-state index is 10.3. The van der Waals surface area contributed by atoms with Crippen molar-refractivity contribution in [3.63, 3.8) is 0 Å². The average Bonchev–Trinajstić information content (AvgIpc) is 2.37. The predicted octanol–water partition coefficient (Wildman–Crippen LogP) is 1.01. The van der Waals surface area contributed by atoms with Crippen molar-refractivity contribution in [2.75, 3.05) is 19.8 Å². The highest BCUT2D eigenvalue weighted by atomic mass is 16.5. The number of benzene rings is 1. The lowest BCUT2D eigenvalue weighted by molar-refractivity contribution is -0.137. The predicted molar refractivity (Wildman–Crippen MR) is 67.6 cm³/mol. The van der Waals surface area contributed by atoms with Crippen molar-refractivity contribution in [3.8, 4) is 5.75 Å². The summed E-state index contributed by atoms with van der Waals surface area (Å²) in [6.45, 7) is 1.70. The number of hydrogen-bond donors (Lipinski definition) is 3. The quantitative estimate of drug-likeness (QED) is 0.572. The van der Waals surface area contributed by atoms with Crippen molar-refractivity contribution in [2.45, 2.75) is 19.4 Å². The van der Waals surface area contributed by atoms with Crippen LogP contribution < -0.4 is 10.1 Å². The van der Waals surface area contributed by atoms with Crippen molar-refractivity contribution >= 4 is 5.97 Å². The molecule has 3 N–H and O–H groups in total. The van der Waals surface area contributed by atoms with Gasteiger partial charge in [0.15, 0.2) is 0 Å². The first-order valence-electron chi connectivity index (χ1n) is 5.97. The molecule has 0 unspecified atom stereocenters. The maximum absolute atomic E-state index is 10.3. The van der Waals surface area contributed by atoms with E-state index < -0.39 is 5.97 Å². The van der Waals surface area contributed by atoms with Crippen LogP contribution >= 0.6 is 0 Å². The molecule has 1 rings (SSSR count). The second-order valence-electron chi connectivity index (χ2n) is 3.89. The van der Waals surface area contributed by atoms with Gasteiger partial charge in [-0.3, -0.25) is 4.79 Å². The van der Waals surface area contributed by atoms with Crippen LogP contribution in [0.5, 0.6) is 5.75 Å². The van der Waals surface area contributed by atoms with E-state index >= 15 is 0 Å². The minimum absolute atomic E-state index is 0.00683. The minimum atomic E-state index is -0.762. The Morgan fingerprint density at radius 3 is 2.61 bits per heavy atom. The van der Waals surface area contributed by atoms with Crippen molar-refractivity contribution < 1.29 is 19.7 Å². The summed E-state index contributed by atoms with van der Waals surface area (Å²) in [5, 5.41) is 20.3. The molecule has 100 valence electrons. The van der Waals surface area contributed by atoms with E-state index in [4.69, 9.17) is 14.9 Å². The van der Waals surface area contributed by atoms with Crippen molar-refractivity contribution in [1.82, 2.24) is 5.32 Å². The van der Waals surface area contributed by atoms with Crippen LogP contribution in [0.15, 0.2) is 24.3 Å². The largest absolute Gasteiger partial charge is 0.491 e. The summed E-state index contributed by atoms with van der Waals surface area (Å²) >= 11 is 0. The van der Waals surface area contributed by atoms with Gasteiger partial charge in [-0.2, -0.15) is 0 Å². The summed E-state index contributed by atoms with van der Waals surface area (Å²) in [6.07, 6.45) is 0.827. The highest BCUT2D eigenvalue weighted by Crippen LogP contribution is 2.11. The molecule has 1 aromatic carbocycles. The fourth-order valence-electron chi connectivity index (χ4n) is 1.46. The minimum Gasteiger partial charge on any atom is -0.491 e. The van der Waals surface area contributed by atoms with Gasteiger partial charge >= 0.3 is 5.97 Å². The van der Waals surface area contributed by atoms with Gasteiger partial charge in [0.1, 0.15) is 12.4 Å². The van der Waals surface area contributed by atoms with Gasteiger partial charge in [-0.05, 0) is 30.7 Å². The smallest absolute Gasteiger partial charge is 0.303 e. The number of carboxylic acid groups (broad SMARTS) is 1. The Bertz CT molecular complexity index is 351. The Morgan fingerprint density at radius 1 is 1.28 bits per heavy atom. The highest BCUT2D eigenvalue weighted by Gasteiger charge is 1.97. The molecular formula is C13H19NO4. The van der Waals surface area contributed by atoms with E-state index in [-0.39, 0.29) is 13.0 Å². The van der Waals surface area contributed by atoms with Crippen LogP contribution in [0.25, 0.3) is 0 Å². The van der Waals surface area contributed by atoms with Crippen LogP contribution in [0.1, 0.15) is 18.4 Å². The number of carboxylic acids is 1. The summed E-state index contributed by atoms with van der Waals surface area (Å²) in [4.78, 5) is 10.3. The lowest BCUT2D eigenvalue weighted by atomic mass is 10.2. The lowest BCUT2D eigenvalue weighted by Gasteiger charge is -2.06. The topological polar surface area (TPSA) is 78.8 Å². The summed E-state index contributed by atoms with van der Waals surface area (Å²) in [7, 11) is 0. The SMILES string of the molecule is O=C(O)CCCNCc1ccc(OCCO)cc1. The second kappa shape index (κ2) is 8.49. The third kappa shape index (κ3) is 6.22. The molecule has 0 saturated carbocycles. The molecule has 1 aromatic rings. The van der Waals surface area contributed by atoms with Crippen LogP contribution in [-0.2, 0) is 11.3 Å². The number of aliphatic hydroxyl groups excluding tert-OH is 1. The van der Waals surface area contributed by atoms with E-state index in [1.54, 1.807) is 0 Å². The summed E-state index contributed by atoms with van der Waals surface area (Å²) < 4.78 is 5.24. The molecule has 0 aromatic heterocycles. The summed E-state index contributed by atoms with van der Waals surface area (Å²) in [6, 6.07) is 7.58. The fraction of sp³-hybridized carbons (Fsp3) is 0.462.